The number of nitrogens with zero attached hydrogens (tertiary/aromatic N) is 1. The largest absolute Gasteiger partial charge is 0.756 e. The number of likely N-dealkylation sites (N-methyl/N-ethyl adjacent to an activating group) is 1. The van der Waals surface area contributed by atoms with Gasteiger partial charge in [0.05, 0.1) is 27.7 Å². The highest BCUT2D eigenvalue weighted by atomic mass is 31.2. The third-order valence-corrected chi connectivity index (χ3v) is 10.1. The minimum Gasteiger partial charge on any atom is -0.756 e. The van der Waals surface area contributed by atoms with Gasteiger partial charge >= 0.3 is 11.9 Å². The maximum atomic E-state index is 12.6. The molecule has 1 unspecified atom stereocenters. The number of hydrogen-bond acceptors (Lipinski definition) is 8. The van der Waals surface area contributed by atoms with E-state index in [4.69, 9.17) is 18.5 Å². The molecule has 0 spiro atoms. The first-order chi connectivity index (χ1) is 24.5. The van der Waals surface area contributed by atoms with Crippen LogP contribution >= 0.6 is 7.82 Å². The van der Waals surface area contributed by atoms with Crippen molar-refractivity contribution in [2.45, 2.75) is 193 Å². The number of hydrogen-bond donors (Lipinski definition) is 0. The topological polar surface area (TPSA) is 111 Å². The van der Waals surface area contributed by atoms with Gasteiger partial charge in [-0.2, -0.15) is 0 Å². The lowest BCUT2D eigenvalue weighted by Gasteiger charge is -2.28. The quantitative estimate of drug-likeness (QED) is 0.0201. The van der Waals surface area contributed by atoms with Gasteiger partial charge in [-0.25, -0.2) is 0 Å². The molecule has 2 atom stereocenters. The van der Waals surface area contributed by atoms with E-state index < -0.39 is 26.5 Å². The molecule has 0 saturated heterocycles. The zero-order valence-corrected chi connectivity index (χ0v) is 34.5. The van der Waals surface area contributed by atoms with E-state index in [2.05, 4.69) is 13.5 Å². The molecule has 0 aliphatic heterocycles. The average molecular weight is 746 g/mol. The summed E-state index contributed by atoms with van der Waals surface area (Å²) in [4.78, 5) is 37.4. The van der Waals surface area contributed by atoms with Gasteiger partial charge in [0.15, 0.2) is 6.10 Å². The van der Waals surface area contributed by atoms with Crippen LogP contribution in [0.3, 0.4) is 0 Å². The molecule has 0 aromatic rings. The van der Waals surface area contributed by atoms with Crippen LogP contribution in [-0.2, 0) is 32.7 Å². The van der Waals surface area contributed by atoms with E-state index >= 15 is 0 Å². The number of carbonyl (C=O) groups excluding carboxylic acids is 2. The molecule has 302 valence electrons. The second-order valence-electron chi connectivity index (χ2n) is 15.4. The third-order valence-electron chi connectivity index (χ3n) is 9.18. The van der Waals surface area contributed by atoms with Crippen molar-refractivity contribution in [1.82, 2.24) is 0 Å². The van der Waals surface area contributed by atoms with E-state index in [0.29, 0.717) is 17.4 Å². The fourth-order valence-electron chi connectivity index (χ4n) is 5.87. The van der Waals surface area contributed by atoms with E-state index in [1.165, 1.54) is 116 Å². The SMILES string of the molecule is C=CCCCCCCCCCCCCCCCC(=O)O[C@H](COC(=O)CCCCCCCCCCCCCC)COP(=O)([O-])OCC[N+](C)(C)C. The van der Waals surface area contributed by atoms with Crippen molar-refractivity contribution in [2.24, 2.45) is 0 Å². The normalized spacial score (nSPS) is 13.5. The zero-order valence-electron chi connectivity index (χ0n) is 33.6. The van der Waals surface area contributed by atoms with Gasteiger partial charge in [0.1, 0.15) is 19.8 Å². The van der Waals surface area contributed by atoms with Crippen LogP contribution in [-0.4, -0.2) is 70.0 Å². The number of carbonyl (C=O) groups is 2. The summed E-state index contributed by atoms with van der Waals surface area (Å²) in [6.07, 6.45) is 32.7. The predicted molar refractivity (Wildman–Crippen MR) is 208 cm³/mol. The Kier molecular flexibility index (Phi) is 33.7. The van der Waals surface area contributed by atoms with Crippen molar-refractivity contribution in [3.8, 4) is 0 Å². The second kappa shape index (κ2) is 34.5. The zero-order chi connectivity index (χ0) is 37.9. The van der Waals surface area contributed by atoms with Crippen LogP contribution in [0.15, 0.2) is 12.7 Å². The van der Waals surface area contributed by atoms with E-state index in [1.807, 2.05) is 27.2 Å². The summed E-state index contributed by atoms with van der Waals surface area (Å²) in [5.74, 6) is -0.830. The van der Waals surface area contributed by atoms with E-state index in [-0.39, 0.29) is 32.0 Å². The number of esters is 2. The Morgan fingerprint density at radius 2 is 1.04 bits per heavy atom. The summed E-state index contributed by atoms with van der Waals surface area (Å²) in [6, 6.07) is 0. The fourth-order valence-corrected chi connectivity index (χ4v) is 6.60. The van der Waals surface area contributed by atoms with Crippen molar-refractivity contribution >= 4 is 19.8 Å². The van der Waals surface area contributed by atoms with Crippen molar-refractivity contribution in [3.63, 3.8) is 0 Å². The van der Waals surface area contributed by atoms with Crippen LogP contribution < -0.4 is 4.89 Å². The first kappa shape index (κ1) is 49.8. The van der Waals surface area contributed by atoms with Crippen molar-refractivity contribution in [3.05, 3.63) is 12.7 Å². The smallest absolute Gasteiger partial charge is 0.306 e. The lowest BCUT2D eigenvalue weighted by atomic mass is 10.0. The van der Waals surface area contributed by atoms with Crippen LogP contribution in [0.4, 0.5) is 0 Å². The molecular formula is C41H80NO8P. The minimum atomic E-state index is -4.61. The summed E-state index contributed by atoms with van der Waals surface area (Å²) in [7, 11) is 1.17. The number of rotatable bonds is 39. The fraction of sp³-hybridized carbons (Fsp3) is 0.902. The van der Waals surface area contributed by atoms with Crippen molar-refractivity contribution in [2.75, 3.05) is 47.5 Å². The first-order valence-electron chi connectivity index (χ1n) is 20.9. The number of quaternary nitrogens is 1. The van der Waals surface area contributed by atoms with Gasteiger partial charge in [0.2, 0.25) is 0 Å². The van der Waals surface area contributed by atoms with Gasteiger partial charge in [0.25, 0.3) is 7.82 Å². The molecule has 0 fully saturated rings. The van der Waals surface area contributed by atoms with Gasteiger partial charge < -0.3 is 27.9 Å². The highest BCUT2D eigenvalue weighted by Crippen LogP contribution is 2.38. The molecule has 51 heavy (non-hydrogen) atoms. The summed E-state index contributed by atoms with van der Waals surface area (Å²) in [5.41, 5.74) is 0. The first-order valence-corrected chi connectivity index (χ1v) is 22.3. The van der Waals surface area contributed by atoms with Gasteiger partial charge in [-0.15, -0.1) is 6.58 Å². The Hall–Kier alpha value is -1.25. The highest BCUT2D eigenvalue weighted by Gasteiger charge is 2.21. The van der Waals surface area contributed by atoms with E-state index in [0.717, 1.165) is 44.9 Å². The highest BCUT2D eigenvalue weighted by molar-refractivity contribution is 7.45. The number of ether oxygens (including phenoxy) is 2. The standard InChI is InChI=1S/C41H80NO8P/c1-6-8-10-12-14-16-18-20-21-22-24-26-28-30-32-34-41(44)50-39(38-49-51(45,46)48-36-35-42(3,4)5)37-47-40(43)33-31-29-27-25-23-19-17-15-13-11-9-7-2/h6,39H,1,7-38H2,2-5H3/t39-/m1/s1. The molecule has 9 nitrogen and oxygen atoms in total. The Morgan fingerprint density at radius 3 is 1.47 bits per heavy atom. The Morgan fingerprint density at radius 1 is 0.627 bits per heavy atom. The Labute approximate surface area is 314 Å². The van der Waals surface area contributed by atoms with Crippen LogP contribution in [0, 0.1) is 0 Å². The summed E-state index contributed by atoms with van der Waals surface area (Å²) >= 11 is 0. The van der Waals surface area contributed by atoms with Gasteiger partial charge in [-0.1, -0.05) is 154 Å². The molecule has 0 aromatic carbocycles. The van der Waals surface area contributed by atoms with Gasteiger partial charge in [-0.05, 0) is 25.7 Å². The lowest BCUT2D eigenvalue weighted by Crippen LogP contribution is -2.37. The lowest BCUT2D eigenvalue weighted by molar-refractivity contribution is -0.870. The van der Waals surface area contributed by atoms with Gasteiger partial charge in [-0.3, -0.25) is 14.2 Å². The molecule has 0 N–H and O–H groups in total. The molecule has 0 amide bonds. The third kappa shape index (κ3) is 38.3. The van der Waals surface area contributed by atoms with Crippen LogP contribution in [0.2, 0.25) is 0 Å². The number of unbranched alkanes of at least 4 members (excludes halogenated alkanes) is 24. The minimum absolute atomic E-state index is 0.0283. The van der Waals surface area contributed by atoms with Crippen LogP contribution in [0.25, 0.3) is 0 Å². The molecule has 0 heterocycles. The monoisotopic (exact) mass is 746 g/mol. The second-order valence-corrected chi connectivity index (χ2v) is 16.9. The predicted octanol–water partition coefficient (Wildman–Crippen LogP) is 10.8. The summed E-state index contributed by atoms with van der Waals surface area (Å²) in [6.45, 7) is 5.75. The molecule has 0 aliphatic carbocycles. The summed E-state index contributed by atoms with van der Waals surface area (Å²) < 4.78 is 33.8. The molecule has 10 heteroatoms. The van der Waals surface area contributed by atoms with Crippen LogP contribution in [0.5, 0.6) is 0 Å². The molecule has 0 rings (SSSR count). The number of phosphoric ester groups is 1. The van der Waals surface area contributed by atoms with Gasteiger partial charge in [0, 0.05) is 12.8 Å². The molecule has 0 bridgehead atoms. The van der Waals surface area contributed by atoms with Crippen LogP contribution in [0.1, 0.15) is 187 Å². The molecule has 0 saturated carbocycles. The maximum absolute atomic E-state index is 12.6. The van der Waals surface area contributed by atoms with E-state index in [9.17, 15) is 19.0 Å². The van der Waals surface area contributed by atoms with E-state index in [1.54, 1.807) is 0 Å². The number of phosphoric acid groups is 1. The molecule has 0 aromatic heterocycles. The Bertz CT molecular complexity index is 878. The van der Waals surface area contributed by atoms with Crippen molar-refractivity contribution in [1.29, 1.82) is 0 Å². The molecule has 0 radical (unpaired) electrons. The Balaban J connectivity index is 4.35. The molecule has 0 aliphatic rings. The molecular weight excluding hydrogens is 665 g/mol. The average Bonchev–Trinajstić information content (AvgIpc) is 3.07. The maximum Gasteiger partial charge on any atom is 0.306 e. The number of allylic oxidation sites excluding steroid dienone is 1. The van der Waals surface area contributed by atoms with Crippen molar-refractivity contribution < 1.29 is 42.1 Å². The summed E-state index contributed by atoms with van der Waals surface area (Å²) in [5, 5.41) is 0.